The van der Waals surface area contributed by atoms with Crippen molar-refractivity contribution in [3.05, 3.63) is 107 Å². The number of nitrogens with one attached hydrogen (secondary N) is 1. The maximum atomic E-state index is 13.8. The largest absolute Gasteiger partial charge is 0.495 e. The van der Waals surface area contributed by atoms with Gasteiger partial charge in [-0.1, -0.05) is 66.2 Å². The van der Waals surface area contributed by atoms with Gasteiger partial charge < -0.3 is 10.1 Å². The van der Waals surface area contributed by atoms with Gasteiger partial charge in [-0.2, -0.15) is 0 Å². The zero-order valence-electron chi connectivity index (χ0n) is 18.6. The summed E-state index contributed by atoms with van der Waals surface area (Å²) in [5.41, 5.74) is 3.11. The second kappa shape index (κ2) is 8.69. The molecule has 1 N–H and O–H groups in total. The Balaban J connectivity index is 1.68. The molecule has 0 fully saturated rings. The maximum absolute atomic E-state index is 13.8. The molecule has 4 aromatic carbocycles. The molecule has 5 nitrogen and oxygen atoms in total. The van der Waals surface area contributed by atoms with Gasteiger partial charge in [-0.05, 0) is 53.8 Å². The fraction of sp³-hybridized carbons (Fsp3) is 0.0714. The number of hydrogen-bond acceptors (Lipinski definition) is 4. The van der Waals surface area contributed by atoms with Crippen LogP contribution in [0.1, 0.15) is 11.1 Å². The Labute approximate surface area is 202 Å². The highest BCUT2D eigenvalue weighted by atomic mass is 35.5. The van der Waals surface area contributed by atoms with Gasteiger partial charge in [0, 0.05) is 16.1 Å². The third-order valence-electron chi connectivity index (χ3n) is 5.84. The molecular formula is C28H21ClN2O3. The number of amides is 2. The molecule has 0 atom stereocenters. The summed E-state index contributed by atoms with van der Waals surface area (Å²) in [4.78, 5) is 28.7. The molecule has 0 radical (unpaired) electrons. The van der Waals surface area contributed by atoms with E-state index >= 15 is 0 Å². The summed E-state index contributed by atoms with van der Waals surface area (Å²) >= 11 is 6.09. The van der Waals surface area contributed by atoms with Crippen LogP contribution in [0.2, 0.25) is 5.02 Å². The summed E-state index contributed by atoms with van der Waals surface area (Å²) in [5, 5.41) is 5.78. The first-order valence-electron chi connectivity index (χ1n) is 10.8. The van der Waals surface area contributed by atoms with Crippen molar-refractivity contribution >= 4 is 51.1 Å². The van der Waals surface area contributed by atoms with E-state index in [1.165, 1.54) is 12.0 Å². The van der Waals surface area contributed by atoms with Crippen LogP contribution in [0.5, 0.6) is 5.75 Å². The van der Waals surface area contributed by atoms with E-state index in [1.54, 1.807) is 36.4 Å². The Hall–Kier alpha value is -4.09. The predicted octanol–water partition coefficient (Wildman–Crippen LogP) is 6.21. The summed E-state index contributed by atoms with van der Waals surface area (Å²) in [7, 11) is 1.52. The summed E-state index contributed by atoms with van der Waals surface area (Å²) in [6.45, 7) is 1.90. The highest BCUT2D eigenvalue weighted by molar-refractivity contribution is 6.46. The van der Waals surface area contributed by atoms with Crippen molar-refractivity contribution in [1.82, 2.24) is 0 Å². The van der Waals surface area contributed by atoms with Crippen molar-refractivity contribution in [3.63, 3.8) is 0 Å². The number of carbonyl (C=O) groups is 2. The van der Waals surface area contributed by atoms with E-state index in [0.29, 0.717) is 22.0 Å². The fourth-order valence-electron chi connectivity index (χ4n) is 4.19. The molecule has 5 rings (SSSR count). The van der Waals surface area contributed by atoms with Crippen LogP contribution in [0.3, 0.4) is 0 Å². The molecule has 1 heterocycles. The number of anilines is 2. The molecule has 0 aliphatic carbocycles. The van der Waals surface area contributed by atoms with Crippen LogP contribution < -0.4 is 15.0 Å². The highest BCUT2D eigenvalue weighted by Crippen LogP contribution is 2.39. The van der Waals surface area contributed by atoms with Crippen molar-refractivity contribution in [3.8, 4) is 5.75 Å². The van der Waals surface area contributed by atoms with Gasteiger partial charge in [0.1, 0.15) is 11.4 Å². The Bertz CT molecular complexity index is 1470. The van der Waals surface area contributed by atoms with Gasteiger partial charge in [-0.3, -0.25) is 9.59 Å². The van der Waals surface area contributed by atoms with Gasteiger partial charge >= 0.3 is 0 Å². The van der Waals surface area contributed by atoms with Crippen LogP contribution in [0.4, 0.5) is 11.4 Å². The van der Waals surface area contributed by atoms with Gasteiger partial charge in [-0.15, -0.1) is 0 Å². The fourth-order valence-corrected chi connectivity index (χ4v) is 4.32. The normalized spacial score (nSPS) is 13.7. The Morgan fingerprint density at radius 2 is 1.59 bits per heavy atom. The number of hydrogen-bond donors (Lipinski definition) is 1. The third kappa shape index (κ3) is 3.70. The molecule has 4 aromatic rings. The van der Waals surface area contributed by atoms with Crippen LogP contribution in [0.15, 0.2) is 90.6 Å². The van der Waals surface area contributed by atoms with E-state index in [2.05, 4.69) is 5.32 Å². The molecule has 0 spiro atoms. The molecule has 0 saturated heterocycles. The SMILES string of the molecule is COc1ccc(C)cc1N1C(=O)C(Nc2cccc3ccccc23)=C(c2ccc(Cl)cc2)C1=O. The molecule has 0 unspecified atom stereocenters. The van der Waals surface area contributed by atoms with Crippen LogP contribution in [-0.2, 0) is 9.59 Å². The quantitative estimate of drug-likeness (QED) is 0.354. The number of benzene rings is 4. The number of carbonyl (C=O) groups excluding carboxylic acids is 2. The summed E-state index contributed by atoms with van der Waals surface area (Å²) in [6, 6.07) is 26.0. The predicted molar refractivity (Wildman–Crippen MR) is 136 cm³/mol. The van der Waals surface area contributed by atoms with Gasteiger partial charge in [0.05, 0.1) is 18.4 Å². The average molecular weight is 469 g/mol. The minimum atomic E-state index is -0.452. The molecular weight excluding hydrogens is 448 g/mol. The van der Waals surface area contributed by atoms with Crippen molar-refractivity contribution < 1.29 is 14.3 Å². The van der Waals surface area contributed by atoms with Crippen LogP contribution in [0, 0.1) is 6.92 Å². The number of halogens is 1. The first kappa shape index (κ1) is 21.7. The third-order valence-corrected chi connectivity index (χ3v) is 6.09. The zero-order valence-corrected chi connectivity index (χ0v) is 19.4. The lowest BCUT2D eigenvalue weighted by molar-refractivity contribution is -0.120. The Morgan fingerprint density at radius 3 is 2.35 bits per heavy atom. The van der Waals surface area contributed by atoms with Crippen molar-refractivity contribution in [1.29, 1.82) is 0 Å². The minimum absolute atomic E-state index is 0.201. The number of fused-ring (bicyclic) bond motifs is 1. The van der Waals surface area contributed by atoms with Crippen LogP contribution in [0.25, 0.3) is 16.3 Å². The van der Waals surface area contributed by atoms with Crippen molar-refractivity contribution in [2.24, 2.45) is 0 Å². The first-order chi connectivity index (χ1) is 16.5. The number of nitrogens with zero attached hydrogens (tertiary/aromatic N) is 1. The minimum Gasteiger partial charge on any atom is -0.495 e. The molecule has 34 heavy (non-hydrogen) atoms. The summed E-state index contributed by atoms with van der Waals surface area (Å²) < 4.78 is 5.47. The van der Waals surface area contributed by atoms with Gasteiger partial charge in [0.25, 0.3) is 11.8 Å². The van der Waals surface area contributed by atoms with Crippen LogP contribution in [-0.4, -0.2) is 18.9 Å². The Kier molecular flexibility index (Phi) is 5.56. The van der Waals surface area contributed by atoms with E-state index in [-0.39, 0.29) is 11.3 Å². The second-order valence-electron chi connectivity index (χ2n) is 8.03. The van der Waals surface area contributed by atoms with Gasteiger partial charge in [0.2, 0.25) is 0 Å². The molecule has 1 aliphatic rings. The maximum Gasteiger partial charge on any atom is 0.282 e. The molecule has 1 aliphatic heterocycles. The molecule has 168 valence electrons. The van der Waals surface area contributed by atoms with Gasteiger partial charge in [0.15, 0.2) is 0 Å². The van der Waals surface area contributed by atoms with E-state index in [4.69, 9.17) is 16.3 Å². The van der Waals surface area contributed by atoms with Crippen molar-refractivity contribution in [2.45, 2.75) is 6.92 Å². The first-order valence-corrected chi connectivity index (χ1v) is 11.1. The number of aryl methyl sites for hydroxylation is 1. The summed E-state index contributed by atoms with van der Waals surface area (Å²) in [6.07, 6.45) is 0. The number of ether oxygens (including phenoxy) is 1. The number of methoxy groups -OCH3 is 1. The monoisotopic (exact) mass is 468 g/mol. The lowest BCUT2D eigenvalue weighted by atomic mass is 10.0. The van der Waals surface area contributed by atoms with Crippen LogP contribution >= 0.6 is 11.6 Å². The topological polar surface area (TPSA) is 58.6 Å². The van der Waals surface area contributed by atoms with E-state index < -0.39 is 11.8 Å². The lowest BCUT2D eigenvalue weighted by Gasteiger charge is -2.19. The molecule has 0 aromatic heterocycles. The number of rotatable bonds is 5. The molecule has 6 heteroatoms. The Morgan fingerprint density at radius 1 is 0.853 bits per heavy atom. The molecule has 2 amide bonds. The average Bonchev–Trinajstić information content (AvgIpc) is 3.09. The molecule has 0 bridgehead atoms. The lowest BCUT2D eigenvalue weighted by Crippen LogP contribution is -2.32. The smallest absolute Gasteiger partial charge is 0.282 e. The second-order valence-corrected chi connectivity index (χ2v) is 8.47. The van der Waals surface area contributed by atoms with E-state index in [9.17, 15) is 9.59 Å². The van der Waals surface area contributed by atoms with E-state index in [1.807, 2.05) is 55.5 Å². The van der Waals surface area contributed by atoms with E-state index in [0.717, 1.165) is 22.0 Å². The standard InChI is InChI=1S/C28H21ClN2O3/c1-17-10-15-24(34-2)23(16-17)31-27(32)25(19-11-13-20(29)14-12-19)26(28(31)33)30-22-9-5-7-18-6-3-4-8-21(18)22/h3-16,30H,1-2H3. The highest BCUT2D eigenvalue weighted by Gasteiger charge is 2.41. The zero-order chi connectivity index (χ0) is 23.8. The summed E-state index contributed by atoms with van der Waals surface area (Å²) in [5.74, 6) is -0.445. The molecule has 0 saturated carbocycles. The number of imide groups is 1. The van der Waals surface area contributed by atoms with Gasteiger partial charge in [-0.25, -0.2) is 4.90 Å². The van der Waals surface area contributed by atoms with Crippen molar-refractivity contribution in [2.75, 3.05) is 17.3 Å².